The molecule has 1 saturated heterocycles. The standard InChI is InChI=1S/C23H27FN2O4/c1-4-11-25-22(27)20-14-26(23(28)15-5-7-16(24)8-6-15)13-19(20)18-12-17(29-2)9-10-21(18)30-3/h5-10,12,19-20H,4,11,13-14H2,1-3H3,(H,25,27)/t19-,20+/m0/s1. The fraction of sp³-hybridized carbons (Fsp3) is 0.391. The number of carbonyl (C=O) groups excluding carboxylic acids is 2. The Labute approximate surface area is 176 Å². The largest absolute Gasteiger partial charge is 0.497 e. The van der Waals surface area contributed by atoms with E-state index in [-0.39, 0.29) is 24.3 Å². The van der Waals surface area contributed by atoms with Crippen LogP contribution in [0.2, 0.25) is 0 Å². The lowest BCUT2D eigenvalue weighted by Crippen LogP contribution is -2.36. The molecule has 0 unspecified atom stereocenters. The van der Waals surface area contributed by atoms with E-state index in [2.05, 4.69) is 5.32 Å². The third kappa shape index (κ3) is 4.56. The van der Waals surface area contributed by atoms with Gasteiger partial charge in [-0.05, 0) is 48.9 Å². The van der Waals surface area contributed by atoms with E-state index in [0.717, 1.165) is 12.0 Å². The van der Waals surface area contributed by atoms with Gasteiger partial charge in [0.15, 0.2) is 0 Å². The first-order valence-corrected chi connectivity index (χ1v) is 10.0. The number of nitrogens with zero attached hydrogens (tertiary/aromatic N) is 1. The highest BCUT2D eigenvalue weighted by Crippen LogP contribution is 2.40. The summed E-state index contributed by atoms with van der Waals surface area (Å²) in [6.45, 7) is 3.19. The second kappa shape index (κ2) is 9.61. The molecule has 0 bridgehead atoms. The Morgan fingerprint density at radius 3 is 2.47 bits per heavy atom. The number of nitrogens with one attached hydrogen (secondary N) is 1. The molecule has 0 aliphatic carbocycles. The predicted octanol–water partition coefficient (Wildman–Crippen LogP) is 3.22. The van der Waals surface area contributed by atoms with Crippen molar-refractivity contribution in [3.8, 4) is 11.5 Å². The topological polar surface area (TPSA) is 67.9 Å². The van der Waals surface area contributed by atoms with Crippen molar-refractivity contribution >= 4 is 11.8 Å². The Morgan fingerprint density at radius 1 is 1.10 bits per heavy atom. The highest BCUT2D eigenvalue weighted by atomic mass is 19.1. The van der Waals surface area contributed by atoms with Gasteiger partial charge < -0.3 is 19.7 Å². The zero-order valence-electron chi connectivity index (χ0n) is 17.5. The van der Waals surface area contributed by atoms with E-state index in [1.165, 1.54) is 24.3 Å². The quantitative estimate of drug-likeness (QED) is 0.755. The summed E-state index contributed by atoms with van der Waals surface area (Å²) in [7, 11) is 3.16. The number of ether oxygens (including phenoxy) is 2. The SMILES string of the molecule is CCCNC(=O)[C@@H]1CN(C(=O)c2ccc(F)cc2)C[C@H]1c1cc(OC)ccc1OC. The van der Waals surface area contributed by atoms with Crippen LogP contribution in [0.4, 0.5) is 4.39 Å². The fourth-order valence-electron chi connectivity index (χ4n) is 3.83. The summed E-state index contributed by atoms with van der Waals surface area (Å²) in [6.07, 6.45) is 0.823. The van der Waals surface area contributed by atoms with Gasteiger partial charge in [-0.1, -0.05) is 6.92 Å². The summed E-state index contributed by atoms with van der Waals surface area (Å²) in [5.74, 6) is -0.108. The lowest BCUT2D eigenvalue weighted by atomic mass is 9.87. The molecule has 3 rings (SSSR count). The monoisotopic (exact) mass is 414 g/mol. The summed E-state index contributed by atoms with van der Waals surface area (Å²) < 4.78 is 24.1. The van der Waals surface area contributed by atoms with Gasteiger partial charge in [0.05, 0.1) is 20.1 Å². The molecule has 0 aromatic heterocycles. The molecule has 0 saturated carbocycles. The Bertz CT molecular complexity index is 901. The molecule has 0 spiro atoms. The minimum atomic E-state index is -0.429. The third-order valence-electron chi connectivity index (χ3n) is 5.42. The zero-order chi connectivity index (χ0) is 21.7. The second-order valence-corrected chi connectivity index (χ2v) is 7.33. The van der Waals surface area contributed by atoms with E-state index in [1.54, 1.807) is 31.3 Å². The summed E-state index contributed by atoms with van der Waals surface area (Å²) in [4.78, 5) is 27.6. The molecule has 1 aliphatic rings. The summed E-state index contributed by atoms with van der Waals surface area (Å²) in [5, 5.41) is 2.95. The van der Waals surface area contributed by atoms with Gasteiger partial charge in [-0.15, -0.1) is 0 Å². The molecule has 2 aromatic rings. The normalized spacial score (nSPS) is 18.2. The van der Waals surface area contributed by atoms with Crippen molar-refractivity contribution in [2.45, 2.75) is 19.3 Å². The molecule has 6 nitrogen and oxygen atoms in total. The first-order valence-electron chi connectivity index (χ1n) is 10.0. The molecule has 2 atom stereocenters. The molecular weight excluding hydrogens is 387 g/mol. The predicted molar refractivity (Wildman–Crippen MR) is 111 cm³/mol. The van der Waals surface area contributed by atoms with Crippen LogP contribution in [0.25, 0.3) is 0 Å². The van der Waals surface area contributed by atoms with Gasteiger partial charge in [-0.25, -0.2) is 4.39 Å². The molecule has 7 heteroatoms. The summed E-state index contributed by atoms with van der Waals surface area (Å²) in [6, 6.07) is 10.9. The van der Waals surface area contributed by atoms with Gasteiger partial charge in [-0.2, -0.15) is 0 Å². The lowest BCUT2D eigenvalue weighted by molar-refractivity contribution is -0.124. The van der Waals surface area contributed by atoms with Gasteiger partial charge in [0, 0.05) is 36.7 Å². The van der Waals surface area contributed by atoms with Crippen LogP contribution in [0.1, 0.15) is 35.2 Å². The molecule has 160 valence electrons. The number of halogens is 1. The molecule has 0 radical (unpaired) electrons. The highest BCUT2D eigenvalue weighted by molar-refractivity contribution is 5.95. The Hall–Kier alpha value is -3.09. The van der Waals surface area contributed by atoms with Crippen molar-refractivity contribution in [3.63, 3.8) is 0 Å². The summed E-state index contributed by atoms with van der Waals surface area (Å²) >= 11 is 0. The Balaban J connectivity index is 1.93. The average molecular weight is 414 g/mol. The van der Waals surface area contributed by atoms with Crippen molar-refractivity contribution < 1.29 is 23.5 Å². The molecule has 2 amide bonds. The fourth-order valence-corrected chi connectivity index (χ4v) is 3.83. The number of likely N-dealkylation sites (tertiary alicyclic amines) is 1. The second-order valence-electron chi connectivity index (χ2n) is 7.33. The van der Waals surface area contributed by atoms with Crippen LogP contribution in [0.15, 0.2) is 42.5 Å². The van der Waals surface area contributed by atoms with Crippen LogP contribution in [0.3, 0.4) is 0 Å². The third-order valence-corrected chi connectivity index (χ3v) is 5.42. The molecule has 30 heavy (non-hydrogen) atoms. The Morgan fingerprint density at radius 2 is 1.83 bits per heavy atom. The van der Waals surface area contributed by atoms with Crippen molar-refractivity contribution in [3.05, 3.63) is 59.4 Å². The number of rotatable bonds is 7. The van der Waals surface area contributed by atoms with Gasteiger partial charge in [0.25, 0.3) is 5.91 Å². The van der Waals surface area contributed by atoms with E-state index in [9.17, 15) is 14.0 Å². The molecule has 1 heterocycles. The van der Waals surface area contributed by atoms with Crippen LogP contribution < -0.4 is 14.8 Å². The van der Waals surface area contributed by atoms with Crippen LogP contribution in [-0.2, 0) is 4.79 Å². The molecule has 1 fully saturated rings. The number of hydrogen-bond donors (Lipinski definition) is 1. The van der Waals surface area contributed by atoms with Crippen molar-refractivity contribution in [1.82, 2.24) is 10.2 Å². The van der Waals surface area contributed by atoms with E-state index >= 15 is 0 Å². The van der Waals surface area contributed by atoms with Crippen molar-refractivity contribution in [2.24, 2.45) is 5.92 Å². The minimum absolute atomic E-state index is 0.0962. The first kappa shape index (κ1) is 21.6. The van der Waals surface area contributed by atoms with E-state index < -0.39 is 11.7 Å². The molecule has 2 aromatic carbocycles. The van der Waals surface area contributed by atoms with Crippen molar-refractivity contribution in [1.29, 1.82) is 0 Å². The zero-order valence-corrected chi connectivity index (χ0v) is 17.5. The van der Waals surface area contributed by atoms with Gasteiger partial charge >= 0.3 is 0 Å². The average Bonchev–Trinajstić information content (AvgIpc) is 3.22. The van der Waals surface area contributed by atoms with Crippen LogP contribution >= 0.6 is 0 Å². The lowest BCUT2D eigenvalue weighted by Gasteiger charge is -2.21. The number of hydrogen-bond acceptors (Lipinski definition) is 4. The Kier molecular flexibility index (Phi) is 6.92. The van der Waals surface area contributed by atoms with Crippen LogP contribution in [0, 0.1) is 11.7 Å². The van der Waals surface area contributed by atoms with E-state index in [1.807, 2.05) is 13.0 Å². The maximum absolute atomic E-state index is 13.2. The number of benzene rings is 2. The van der Waals surface area contributed by atoms with Crippen LogP contribution in [-0.4, -0.2) is 50.6 Å². The minimum Gasteiger partial charge on any atom is -0.497 e. The summed E-state index contributed by atoms with van der Waals surface area (Å²) in [5.41, 5.74) is 1.21. The van der Waals surface area contributed by atoms with Crippen molar-refractivity contribution in [2.75, 3.05) is 33.9 Å². The smallest absolute Gasteiger partial charge is 0.253 e. The highest BCUT2D eigenvalue weighted by Gasteiger charge is 2.41. The van der Waals surface area contributed by atoms with Gasteiger partial charge in [0.2, 0.25) is 5.91 Å². The number of carbonyl (C=O) groups is 2. The first-order chi connectivity index (χ1) is 14.5. The number of methoxy groups -OCH3 is 2. The maximum atomic E-state index is 13.2. The maximum Gasteiger partial charge on any atom is 0.253 e. The van der Waals surface area contributed by atoms with E-state index in [4.69, 9.17) is 9.47 Å². The molecule has 1 aliphatic heterocycles. The van der Waals surface area contributed by atoms with Gasteiger partial charge in [-0.3, -0.25) is 9.59 Å². The molecule has 1 N–H and O–H groups in total. The molecular formula is C23H27FN2O4. The van der Waals surface area contributed by atoms with E-state index in [0.29, 0.717) is 30.2 Å². The van der Waals surface area contributed by atoms with Crippen LogP contribution in [0.5, 0.6) is 11.5 Å². The number of amides is 2. The van der Waals surface area contributed by atoms with Gasteiger partial charge in [0.1, 0.15) is 17.3 Å².